The normalized spacial score (nSPS) is 11.9. The Hall–Kier alpha value is -4.40. The fraction of sp³-hybridized carbons (Fsp3) is 0.125. The van der Waals surface area contributed by atoms with E-state index in [9.17, 15) is 44.3 Å². The van der Waals surface area contributed by atoms with E-state index >= 15 is 0 Å². The Bertz CT molecular complexity index is 1410. The number of hydrazone groups is 1. The smallest absolute Gasteiger partial charge is 0.318 e. The summed E-state index contributed by atoms with van der Waals surface area (Å²) in [6.45, 7) is 1.75. The van der Waals surface area contributed by atoms with Gasteiger partial charge in [-0.05, 0) is 43.3 Å². The molecule has 0 bridgehead atoms. The molecule has 2 amide bonds. The van der Waals surface area contributed by atoms with Gasteiger partial charge >= 0.3 is 24.2 Å². The van der Waals surface area contributed by atoms with Crippen molar-refractivity contribution in [3.8, 4) is 0 Å². The topological polar surface area (TPSA) is 117 Å². The number of sulfonamides is 1. The minimum atomic E-state index is -5.12. The summed E-state index contributed by atoms with van der Waals surface area (Å²) >= 11 is 0. The highest BCUT2D eigenvalue weighted by molar-refractivity contribution is 7.89. The molecule has 0 radical (unpaired) electrons. The molecule has 15 heteroatoms. The molecule has 3 aromatic rings. The van der Waals surface area contributed by atoms with Crippen LogP contribution in [0.4, 0.5) is 37.7 Å². The second-order valence-corrected chi connectivity index (χ2v) is 9.59. The van der Waals surface area contributed by atoms with Crippen molar-refractivity contribution in [3.05, 3.63) is 89.5 Å². The Labute approximate surface area is 217 Å². The maximum atomic E-state index is 12.7. The van der Waals surface area contributed by atoms with E-state index in [2.05, 4.69) is 5.10 Å². The molecule has 0 atom stereocenters. The zero-order valence-electron chi connectivity index (χ0n) is 19.7. The molecule has 0 saturated heterocycles. The van der Waals surface area contributed by atoms with Crippen LogP contribution in [-0.4, -0.2) is 38.3 Å². The van der Waals surface area contributed by atoms with Crippen molar-refractivity contribution in [3.63, 3.8) is 0 Å². The number of hydrogen-bond acceptors (Lipinski definition) is 5. The zero-order chi connectivity index (χ0) is 29.0. The van der Waals surface area contributed by atoms with Crippen molar-refractivity contribution in [2.45, 2.75) is 24.2 Å². The molecular formula is C24H18F6N4O4S. The van der Waals surface area contributed by atoms with E-state index < -0.39 is 34.2 Å². The molecule has 0 heterocycles. The number of aryl methyl sites for hydroxylation is 1. The molecule has 3 aromatic carbocycles. The number of carbonyl (C=O) groups excluding carboxylic acids is 2. The highest BCUT2D eigenvalue weighted by Crippen LogP contribution is 2.22. The third-order valence-electron chi connectivity index (χ3n) is 4.96. The first-order valence-electron chi connectivity index (χ1n) is 10.7. The maximum absolute atomic E-state index is 12.7. The number of anilines is 2. The van der Waals surface area contributed by atoms with Crippen molar-refractivity contribution in [2.24, 2.45) is 5.10 Å². The van der Waals surface area contributed by atoms with Crippen LogP contribution in [0.15, 0.2) is 82.8 Å². The van der Waals surface area contributed by atoms with Crippen LogP contribution in [0, 0.1) is 6.92 Å². The molecule has 3 N–H and O–H groups in total. The third-order valence-corrected chi connectivity index (χ3v) is 6.18. The number of hydrogen-bond donors (Lipinski definition) is 3. The fourth-order valence-electron chi connectivity index (χ4n) is 3.00. The number of benzene rings is 3. The number of halogens is 6. The van der Waals surface area contributed by atoms with Crippen LogP contribution in [0.25, 0.3) is 0 Å². The minimum Gasteiger partial charge on any atom is -0.318 e. The van der Waals surface area contributed by atoms with Gasteiger partial charge in [0.15, 0.2) is 0 Å². The van der Waals surface area contributed by atoms with Gasteiger partial charge in [-0.15, -0.1) is 0 Å². The van der Waals surface area contributed by atoms with E-state index in [0.29, 0.717) is 0 Å². The summed E-state index contributed by atoms with van der Waals surface area (Å²) in [6, 6.07) is 15.2. The van der Waals surface area contributed by atoms with Crippen molar-refractivity contribution >= 4 is 38.9 Å². The Kier molecular flexibility index (Phi) is 8.33. The first kappa shape index (κ1) is 29.2. The second kappa shape index (κ2) is 11.1. The summed E-state index contributed by atoms with van der Waals surface area (Å²) in [6.07, 6.45) is -10.2. The molecule has 39 heavy (non-hydrogen) atoms. The van der Waals surface area contributed by atoms with Gasteiger partial charge in [0.05, 0.1) is 10.6 Å². The average molecular weight is 572 g/mol. The van der Waals surface area contributed by atoms with Gasteiger partial charge in [0.2, 0.25) is 0 Å². The molecule has 3 rings (SSSR count). The molecule has 0 aliphatic heterocycles. The minimum absolute atomic E-state index is 0.0758. The van der Waals surface area contributed by atoms with Crippen LogP contribution < -0.4 is 15.5 Å². The van der Waals surface area contributed by atoms with Crippen LogP contribution in [0.1, 0.15) is 16.7 Å². The molecule has 0 aliphatic carbocycles. The quantitative estimate of drug-likeness (QED) is 0.216. The number of rotatable bonds is 7. The van der Waals surface area contributed by atoms with Crippen molar-refractivity contribution < 1.29 is 44.3 Å². The van der Waals surface area contributed by atoms with Gasteiger partial charge in [0.25, 0.3) is 10.0 Å². The van der Waals surface area contributed by atoms with Gasteiger partial charge in [-0.3, -0.25) is 9.59 Å². The van der Waals surface area contributed by atoms with Crippen molar-refractivity contribution in [2.75, 3.05) is 10.6 Å². The number of carbonyl (C=O) groups is 2. The van der Waals surface area contributed by atoms with E-state index in [1.807, 2.05) is 4.83 Å². The lowest BCUT2D eigenvalue weighted by Crippen LogP contribution is -2.30. The zero-order valence-corrected chi connectivity index (χ0v) is 20.5. The summed E-state index contributed by atoms with van der Waals surface area (Å²) < 4.78 is 101. The van der Waals surface area contributed by atoms with Gasteiger partial charge in [-0.25, -0.2) is 0 Å². The van der Waals surface area contributed by atoms with Crippen molar-refractivity contribution in [1.82, 2.24) is 4.83 Å². The standard InChI is InChI=1S/C24H18F6N4O4S/c1-14-2-12-19(13-3-14)39(37,38)34-33-20(15-4-8-17(9-5-15)31-21(35)23(25,26)27)16-6-10-18(11-7-16)32-22(36)24(28,29)30/h2-13,34H,1H3,(H,31,35)(H,32,36). The highest BCUT2D eigenvalue weighted by Gasteiger charge is 2.39. The SMILES string of the molecule is Cc1ccc(S(=O)(=O)NN=C(c2ccc(NC(=O)C(F)(F)F)cc2)c2ccc(NC(=O)C(F)(F)F)cc2)cc1. The number of nitrogens with one attached hydrogen (secondary N) is 3. The van der Waals surface area contributed by atoms with Gasteiger partial charge in [0.1, 0.15) is 0 Å². The molecule has 206 valence electrons. The fourth-order valence-corrected chi connectivity index (χ4v) is 3.81. The summed E-state index contributed by atoms with van der Waals surface area (Å²) in [5.74, 6) is -4.40. The predicted octanol–water partition coefficient (Wildman–Crippen LogP) is 4.73. The molecule has 0 spiro atoms. The van der Waals surface area contributed by atoms with Crippen LogP contribution in [-0.2, 0) is 19.6 Å². The van der Waals surface area contributed by atoms with Gasteiger partial charge in [-0.1, -0.05) is 42.0 Å². The Morgan fingerprint density at radius 3 is 1.41 bits per heavy atom. The lowest BCUT2D eigenvalue weighted by molar-refractivity contribution is -0.167. The Balaban J connectivity index is 1.96. The molecule has 0 aromatic heterocycles. The van der Waals surface area contributed by atoms with E-state index in [-0.39, 0.29) is 33.1 Å². The first-order valence-corrected chi connectivity index (χ1v) is 12.2. The highest BCUT2D eigenvalue weighted by atomic mass is 32.2. The number of alkyl halides is 6. The van der Waals surface area contributed by atoms with Crippen LogP contribution in [0.2, 0.25) is 0 Å². The monoisotopic (exact) mass is 572 g/mol. The van der Waals surface area contributed by atoms with Crippen LogP contribution >= 0.6 is 0 Å². The van der Waals surface area contributed by atoms with Crippen molar-refractivity contribution in [1.29, 1.82) is 0 Å². The molecule has 8 nitrogen and oxygen atoms in total. The lowest BCUT2D eigenvalue weighted by atomic mass is 10.0. The van der Waals surface area contributed by atoms with E-state index in [4.69, 9.17) is 0 Å². The van der Waals surface area contributed by atoms with Gasteiger partial charge in [-0.2, -0.15) is 44.7 Å². The summed E-state index contributed by atoms with van der Waals surface area (Å²) in [7, 11) is -4.17. The second-order valence-electron chi connectivity index (χ2n) is 7.93. The summed E-state index contributed by atoms with van der Waals surface area (Å²) in [5.41, 5.74) is 0.621. The lowest BCUT2D eigenvalue weighted by Gasteiger charge is -2.12. The third kappa shape index (κ3) is 7.80. The van der Waals surface area contributed by atoms with Gasteiger partial charge < -0.3 is 10.6 Å². The average Bonchev–Trinajstić information content (AvgIpc) is 2.85. The van der Waals surface area contributed by atoms with E-state index in [1.165, 1.54) is 36.4 Å². The van der Waals surface area contributed by atoms with Crippen LogP contribution in [0.5, 0.6) is 0 Å². The Morgan fingerprint density at radius 1 is 0.667 bits per heavy atom. The van der Waals surface area contributed by atoms with E-state index in [1.54, 1.807) is 29.7 Å². The molecule has 0 saturated carbocycles. The largest absolute Gasteiger partial charge is 0.471 e. The van der Waals surface area contributed by atoms with E-state index in [0.717, 1.165) is 29.8 Å². The first-order chi connectivity index (χ1) is 18.1. The molecule has 0 aliphatic rings. The molecule has 0 fully saturated rings. The Morgan fingerprint density at radius 2 is 1.05 bits per heavy atom. The molecular weight excluding hydrogens is 554 g/mol. The number of nitrogens with zero attached hydrogens (tertiary/aromatic N) is 1. The maximum Gasteiger partial charge on any atom is 0.471 e. The summed E-state index contributed by atoms with van der Waals surface area (Å²) in [5, 5.41) is 7.26. The van der Waals surface area contributed by atoms with Crippen LogP contribution in [0.3, 0.4) is 0 Å². The summed E-state index contributed by atoms with van der Waals surface area (Å²) in [4.78, 5) is 24.3. The predicted molar refractivity (Wildman–Crippen MR) is 129 cm³/mol. The van der Waals surface area contributed by atoms with Gasteiger partial charge in [0, 0.05) is 22.5 Å². The number of amides is 2. The molecule has 0 unspecified atom stereocenters.